The summed E-state index contributed by atoms with van der Waals surface area (Å²) in [5.74, 6) is 1.10. The second-order valence-electron chi connectivity index (χ2n) is 7.99. The number of anilines is 1. The molecule has 2 heterocycles. The van der Waals surface area contributed by atoms with Crippen LogP contribution in [0.1, 0.15) is 17.5 Å². The summed E-state index contributed by atoms with van der Waals surface area (Å²) in [7, 11) is 0. The Bertz CT molecular complexity index is 1000. The Labute approximate surface area is 202 Å². The molecule has 2 N–H and O–H groups in total. The van der Waals surface area contributed by atoms with Gasteiger partial charge in [-0.15, -0.1) is 24.8 Å². The number of para-hydroxylation sites is 1. The molecule has 4 rings (SSSR count). The number of carbonyl (C=O) groups excluding carboxylic acids is 1. The highest BCUT2D eigenvalue weighted by Gasteiger charge is 2.28. The van der Waals surface area contributed by atoms with E-state index in [4.69, 9.17) is 5.73 Å². The first-order chi connectivity index (χ1) is 14.7. The van der Waals surface area contributed by atoms with Gasteiger partial charge in [0, 0.05) is 37.5 Å². The van der Waals surface area contributed by atoms with E-state index in [2.05, 4.69) is 52.1 Å². The lowest BCUT2D eigenvalue weighted by atomic mass is 9.94. The third-order valence-corrected chi connectivity index (χ3v) is 5.88. The molecule has 1 aliphatic rings. The number of aryl methyl sites for hydroxylation is 1. The Morgan fingerprint density at radius 3 is 2.38 bits per heavy atom. The molecule has 6 nitrogen and oxygen atoms in total. The van der Waals surface area contributed by atoms with Crippen LogP contribution in [0.15, 0.2) is 54.9 Å². The van der Waals surface area contributed by atoms with Crippen LogP contribution in [0.4, 0.5) is 5.82 Å². The summed E-state index contributed by atoms with van der Waals surface area (Å²) in [5, 5.41) is 1.06. The summed E-state index contributed by atoms with van der Waals surface area (Å²) in [4.78, 5) is 26.4. The number of nitrogens with two attached hydrogens (primary N) is 1. The van der Waals surface area contributed by atoms with Gasteiger partial charge >= 0.3 is 0 Å². The normalized spacial score (nSPS) is 14.4. The molecule has 0 bridgehead atoms. The van der Waals surface area contributed by atoms with Crippen LogP contribution in [0.2, 0.25) is 0 Å². The maximum Gasteiger partial charge on any atom is 0.226 e. The minimum absolute atomic E-state index is 0. The van der Waals surface area contributed by atoms with E-state index in [9.17, 15) is 4.79 Å². The molecule has 0 spiro atoms. The van der Waals surface area contributed by atoms with E-state index in [1.54, 1.807) is 6.33 Å². The number of halogens is 2. The van der Waals surface area contributed by atoms with Crippen LogP contribution >= 0.6 is 24.8 Å². The van der Waals surface area contributed by atoms with Crippen molar-refractivity contribution in [3.63, 3.8) is 0 Å². The van der Waals surface area contributed by atoms with Crippen LogP contribution in [0, 0.1) is 12.8 Å². The smallest absolute Gasteiger partial charge is 0.226 e. The highest BCUT2D eigenvalue weighted by Crippen LogP contribution is 2.24. The predicted molar refractivity (Wildman–Crippen MR) is 135 cm³/mol. The molecule has 1 aromatic heterocycles. The molecule has 8 heteroatoms. The number of amides is 1. The molecule has 32 heavy (non-hydrogen) atoms. The van der Waals surface area contributed by atoms with E-state index in [0.29, 0.717) is 26.1 Å². The van der Waals surface area contributed by atoms with Gasteiger partial charge in [0.2, 0.25) is 5.91 Å². The maximum absolute atomic E-state index is 13.2. The van der Waals surface area contributed by atoms with Crippen molar-refractivity contribution >= 4 is 47.4 Å². The molecular formula is C24H31Cl2N5O. The minimum atomic E-state index is -0.0656. The van der Waals surface area contributed by atoms with Crippen molar-refractivity contribution in [3.8, 4) is 0 Å². The number of hydrogen-bond acceptors (Lipinski definition) is 5. The molecule has 1 atom stereocenters. The third-order valence-electron chi connectivity index (χ3n) is 5.88. The molecule has 2 aromatic carbocycles. The lowest BCUT2D eigenvalue weighted by molar-refractivity contribution is -0.136. The first-order valence-electron chi connectivity index (χ1n) is 10.6. The fraction of sp³-hybridized carbons (Fsp3) is 0.375. The summed E-state index contributed by atoms with van der Waals surface area (Å²) < 4.78 is 0. The largest absolute Gasteiger partial charge is 0.352 e. The van der Waals surface area contributed by atoms with Gasteiger partial charge in [-0.2, -0.15) is 0 Å². The van der Waals surface area contributed by atoms with Crippen molar-refractivity contribution in [1.29, 1.82) is 0 Å². The lowest BCUT2D eigenvalue weighted by Gasteiger charge is -2.37. The van der Waals surface area contributed by atoms with Crippen molar-refractivity contribution in [3.05, 3.63) is 66.0 Å². The van der Waals surface area contributed by atoms with Gasteiger partial charge in [-0.05, 0) is 44.0 Å². The highest BCUT2D eigenvalue weighted by molar-refractivity contribution is 5.89. The van der Waals surface area contributed by atoms with E-state index < -0.39 is 0 Å². The van der Waals surface area contributed by atoms with Crippen LogP contribution in [0.3, 0.4) is 0 Å². The predicted octanol–water partition coefficient (Wildman–Crippen LogP) is 3.64. The Balaban J connectivity index is 0.00000181. The van der Waals surface area contributed by atoms with Gasteiger partial charge < -0.3 is 15.5 Å². The zero-order chi connectivity index (χ0) is 20.9. The zero-order valence-electron chi connectivity index (χ0n) is 18.3. The van der Waals surface area contributed by atoms with Crippen molar-refractivity contribution < 1.29 is 4.79 Å². The number of benzene rings is 2. The molecule has 0 radical (unpaired) electrons. The second kappa shape index (κ2) is 12.0. The molecule has 0 saturated carbocycles. The van der Waals surface area contributed by atoms with Crippen molar-refractivity contribution in [2.75, 3.05) is 37.6 Å². The average molecular weight is 476 g/mol. The van der Waals surface area contributed by atoms with E-state index in [0.717, 1.165) is 36.2 Å². The molecule has 1 amide bonds. The number of rotatable bonds is 6. The zero-order valence-corrected chi connectivity index (χ0v) is 19.9. The van der Waals surface area contributed by atoms with Crippen LogP contribution in [-0.4, -0.2) is 53.5 Å². The van der Waals surface area contributed by atoms with Crippen LogP contribution in [0.25, 0.3) is 10.9 Å². The van der Waals surface area contributed by atoms with Gasteiger partial charge in [-0.25, -0.2) is 9.97 Å². The molecule has 3 aromatic rings. The van der Waals surface area contributed by atoms with Gasteiger partial charge in [0.15, 0.2) is 0 Å². The summed E-state index contributed by atoms with van der Waals surface area (Å²) >= 11 is 0. The topological polar surface area (TPSA) is 75.4 Å². The number of piperazine rings is 1. The van der Waals surface area contributed by atoms with Gasteiger partial charge in [0.05, 0.1) is 5.52 Å². The van der Waals surface area contributed by atoms with Crippen molar-refractivity contribution in [1.82, 2.24) is 14.9 Å². The molecule has 1 unspecified atom stereocenters. The Kier molecular flexibility index (Phi) is 9.69. The van der Waals surface area contributed by atoms with E-state index in [1.165, 1.54) is 11.1 Å². The fourth-order valence-corrected chi connectivity index (χ4v) is 4.16. The number of fused-ring (bicyclic) bond motifs is 1. The van der Waals surface area contributed by atoms with Gasteiger partial charge in [-0.3, -0.25) is 4.79 Å². The number of nitrogens with zero attached hydrogens (tertiary/aromatic N) is 4. The van der Waals surface area contributed by atoms with Gasteiger partial charge in [0.1, 0.15) is 12.1 Å². The summed E-state index contributed by atoms with van der Waals surface area (Å²) in [6.45, 7) is 5.54. The maximum atomic E-state index is 13.2. The molecule has 1 fully saturated rings. The lowest BCUT2D eigenvalue weighted by Crippen LogP contribution is -2.51. The molecule has 1 aliphatic heterocycles. The Morgan fingerprint density at radius 2 is 1.69 bits per heavy atom. The first kappa shape index (κ1) is 25.8. The SMILES string of the molecule is Cc1ccc(CC(CCN)C(=O)N2CCN(c3ncnc4ccccc34)CC2)cc1.Cl.Cl. The monoisotopic (exact) mass is 475 g/mol. The molecular weight excluding hydrogens is 445 g/mol. The second-order valence-corrected chi connectivity index (χ2v) is 7.99. The quantitative estimate of drug-likeness (QED) is 0.588. The van der Waals surface area contributed by atoms with Crippen molar-refractivity contribution in [2.24, 2.45) is 11.7 Å². The Morgan fingerprint density at radius 1 is 1.00 bits per heavy atom. The Hall–Kier alpha value is -2.41. The van der Waals surface area contributed by atoms with E-state index >= 15 is 0 Å². The first-order valence-corrected chi connectivity index (χ1v) is 10.6. The summed E-state index contributed by atoms with van der Waals surface area (Å²) in [6, 6.07) is 16.5. The summed E-state index contributed by atoms with van der Waals surface area (Å²) in [5.41, 5.74) is 9.20. The van der Waals surface area contributed by atoms with Crippen LogP contribution in [0.5, 0.6) is 0 Å². The van der Waals surface area contributed by atoms with Crippen LogP contribution < -0.4 is 10.6 Å². The molecule has 172 valence electrons. The summed E-state index contributed by atoms with van der Waals surface area (Å²) in [6.07, 6.45) is 3.07. The number of carbonyl (C=O) groups is 1. The fourth-order valence-electron chi connectivity index (χ4n) is 4.16. The third kappa shape index (κ3) is 5.88. The number of hydrogen-bond donors (Lipinski definition) is 1. The van der Waals surface area contributed by atoms with Gasteiger partial charge in [-0.1, -0.05) is 42.0 Å². The minimum Gasteiger partial charge on any atom is -0.352 e. The highest BCUT2D eigenvalue weighted by atomic mass is 35.5. The van der Waals surface area contributed by atoms with Gasteiger partial charge in [0.25, 0.3) is 0 Å². The average Bonchev–Trinajstić information content (AvgIpc) is 2.79. The van der Waals surface area contributed by atoms with Crippen molar-refractivity contribution in [2.45, 2.75) is 19.8 Å². The standard InChI is InChI=1S/C24H29N5O.2ClH/c1-18-6-8-19(9-7-18)16-20(10-11-25)24(30)29-14-12-28(13-15-29)23-21-4-2-3-5-22(21)26-17-27-23;;/h2-9,17,20H,10-16,25H2,1H3;2*1H. The number of aromatic nitrogens is 2. The molecule has 0 aliphatic carbocycles. The van der Waals surface area contributed by atoms with E-state index in [-0.39, 0.29) is 36.6 Å². The van der Waals surface area contributed by atoms with Crippen LogP contribution in [-0.2, 0) is 11.2 Å². The molecule has 1 saturated heterocycles. The van der Waals surface area contributed by atoms with E-state index in [1.807, 2.05) is 23.1 Å².